The number of methoxy groups -OCH3 is 2. The van der Waals surface area contributed by atoms with Gasteiger partial charge in [-0.2, -0.15) is 0 Å². The summed E-state index contributed by atoms with van der Waals surface area (Å²) in [6.45, 7) is 0. The van der Waals surface area contributed by atoms with Crippen LogP contribution in [0.15, 0.2) is 0 Å². The van der Waals surface area contributed by atoms with Gasteiger partial charge in [0, 0.05) is 26.1 Å². The summed E-state index contributed by atoms with van der Waals surface area (Å²) in [6, 6.07) is 0. The minimum absolute atomic E-state index is 0.234. The molecule has 0 aromatic rings. The molecule has 5 nitrogen and oxygen atoms in total. The topological polar surface area (TPSA) is 40.2 Å². The van der Waals surface area contributed by atoms with Crippen molar-refractivity contribution >= 4 is 8.53 Å². The van der Waals surface area contributed by atoms with Gasteiger partial charge in [0.2, 0.25) is 0 Å². The highest BCUT2D eigenvalue weighted by Gasteiger charge is 2.51. The van der Waals surface area contributed by atoms with E-state index in [1.807, 2.05) is 28.3 Å². The molecule has 6 unspecified atom stereocenters. The molecule has 1 aliphatic heterocycles. The number of fused-ring (bicyclic) bond motifs is 3. The molecule has 6 heteroatoms. The first-order valence-electron chi connectivity index (χ1n) is 8.52. The molecule has 3 fully saturated rings. The lowest BCUT2D eigenvalue weighted by Gasteiger charge is -2.45. The third kappa shape index (κ3) is 3.22. The van der Waals surface area contributed by atoms with Crippen LogP contribution in [0.1, 0.15) is 38.5 Å². The predicted octanol–water partition coefficient (Wildman–Crippen LogP) is 3.19. The van der Waals surface area contributed by atoms with Crippen molar-refractivity contribution in [2.75, 3.05) is 28.3 Å². The van der Waals surface area contributed by atoms with Gasteiger partial charge in [-0.05, 0) is 52.6 Å². The Balaban J connectivity index is 1.92. The third-order valence-electron chi connectivity index (χ3n) is 5.50. The van der Waals surface area contributed by atoms with Crippen LogP contribution in [-0.2, 0) is 18.5 Å². The van der Waals surface area contributed by atoms with Crippen LogP contribution in [0, 0.1) is 11.8 Å². The quantitative estimate of drug-likeness (QED) is 0.743. The molecule has 1 saturated heterocycles. The second kappa shape index (κ2) is 7.42. The fourth-order valence-electron chi connectivity index (χ4n) is 4.52. The summed E-state index contributed by atoms with van der Waals surface area (Å²) in [5.74, 6) is 0.780. The van der Waals surface area contributed by atoms with Crippen molar-refractivity contribution in [1.82, 2.24) is 4.67 Å². The van der Waals surface area contributed by atoms with Crippen LogP contribution in [-0.4, -0.2) is 57.4 Å². The van der Waals surface area contributed by atoms with Gasteiger partial charge in [-0.1, -0.05) is 0 Å². The molecule has 3 aliphatic rings. The van der Waals surface area contributed by atoms with E-state index in [0.29, 0.717) is 11.8 Å². The summed E-state index contributed by atoms with van der Waals surface area (Å²) in [7, 11) is 6.81. The van der Waals surface area contributed by atoms with Crippen molar-refractivity contribution in [1.29, 1.82) is 0 Å². The van der Waals surface area contributed by atoms with Crippen LogP contribution in [0.3, 0.4) is 0 Å². The molecule has 0 amide bonds. The van der Waals surface area contributed by atoms with Gasteiger partial charge < -0.3 is 18.5 Å². The predicted molar refractivity (Wildman–Crippen MR) is 86.6 cm³/mol. The van der Waals surface area contributed by atoms with Crippen molar-refractivity contribution in [2.24, 2.45) is 11.8 Å². The van der Waals surface area contributed by atoms with E-state index < -0.39 is 8.53 Å². The monoisotopic (exact) mass is 331 g/mol. The van der Waals surface area contributed by atoms with Crippen molar-refractivity contribution in [3.8, 4) is 0 Å². The Hall–Kier alpha value is 0.230. The summed E-state index contributed by atoms with van der Waals surface area (Å²) in [4.78, 5) is 0. The van der Waals surface area contributed by atoms with Gasteiger partial charge in [0.15, 0.2) is 0 Å². The summed E-state index contributed by atoms with van der Waals surface area (Å²) in [5, 5.41) is 0. The SMILES string of the molecule is COC1CCCC2OP(N(C)C)OC3CCCC(OC)C3C12. The lowest BCUT2D eigenvalue weighted by Crippen LogP contribution is -2.51. The molecule has 22 heavy (non-hydrogen) atoms. The highest BCUT2D eigenvalue weighted by Crippen LogP contribution is 2.55. The Morgan fingerprint density at radius 2 is 1.27 bits per heavy atom. The maximum atomic E-state index is 6.43. The highest BCUT2D eigenvalue weighted by molar-refractivity contribution is 7.44. The maximum absolute atomic E-state index is 6.43. The summed E-state index contributed by atoms with van der Waals surface area (Å²) >= 11 is 0. The van der Waals surface area contributed by atoms with Crippen molar-refractivity contribution < 1.29 is 18.5 Å². The van der Waals surface area contributed by atoms with Crippen molar-refractivity contribution in [2.45, 2.75) is 62.9 Å². The molecule has 0 spiro atoms. The van der Waals surface area contributed by atoms with Gasteiger partial charge in [0.05, 0.1) is 24.4 Å². The van der Waals surface area contributed by atoms with E-state index in [1.54, 1.807) is 0 Å². The van der Waals surface area contributed by atoms with Gasteiger partial charge in [-0.15, -0.1) is 0 Å². The smallest absolute Gasteiger partial charge is 0.258 e. The molecule has 0 aromatic heterocycles. The molecule has 1 heterocycles. The molecule has 3 rings (SSSR count). The Morgan fingerprint density at radius 3 is 1.64 bits per heavy atom. The van der Waals surface area contributed by atoms with Gasteiger partial charge in [-0.25, -0.2) is 4.67 Å². The second-order valence-corrected chi connectivity index (χ2v) is 8.63. The molecule has 0 radical (unpaired) electrons. The molecule has 0 aromatic carbocycles. The zero-order chi connectivity index (χ0) is 15.7. The van der Waals surface area contributed by atoms with Gasteiger partial charge in [0.1, 0.15) is 0 Å². The van der Waals surface area contributed by atoms with E-state index in [9.17, 15) is 0 Å². The molecule has 0 bridgehead atoms. The van der Waals surface area contributed by atoms with Crippen LogP contribution in [0.4, 0.5) is 0 Å². The molecule has 6 atom stereocenters. The van der Waals surface area contributed by atoms with Crippen LogP contribution in [0.2, 0.25) is 0 Å². The Bertz CT molecular complexity index is 340. The minimum atomic E-state index is -0.970. The first-order valence-corrected chi connectivity index (χ1v) is 9.65. The lowest BCUT2D eigenvalue weighted by molar-refractivity contribution is -0.116. The third-order valence-corrected chi connectivity index (χ3v) is 7.05. The van der Waals surface area contributed by atoms with Gasteiger partial charge in [-0.3, -0.25) is 0 Å². The van der Waals surface area contributed by atoms with Crippen molar-refractivity contribution in [3.05, 3.63) is 0 Å². The number of rotatable bonds is 3. The van der Waals surface area contributed by atoms with Crippen LogP contribution in [0.5, 0.6) is 0 Å². The molecular formula is C16H30NO4P. The van der Waals surface area contributed by atoms with E-state index in [2.05, 4.69) is 4.67 Å². The van der Waals surface area contributed by atoms with E-state index >= 15 is 0 Å². The Morgan fingerprint density at radius 1 is 0.818 bits per heavy atom. The molecule has 0 N–H and O–H groups in total. The van der Waals surface area contributed by atoms with E-state index in [0.717, 1.165) is 25.7 Å². The Labute approximate surface area is 135 Å². The first-order chi connectivity index (χ1) is 10.7. The summed E-state index contributed by atoms with van der Waals surface area (Å²) < 4.78 is 26.7. The summed E-state index contributed by atoms with van der Waals surface area (Å²) in [5.41, 5.74) is 0. The Kier molecular flexibility index (Phi) is 5.75. The zero-order valence-corrected chi connectivity index (χ0v) is 15.1. The number of hydrogen-bond acceptors (Lipinski definition) is 5. The standard InChI is InChI=1S/C16H30NO4P/c1-17(2)22-20-13-9-5-7-11(18-3)15(13)16-12(19-4)8-6-10-14(16)21-22/h11-16H,5-10H2,1-4H3. The second-order valence-electron chi connectivity index (χ2n) is 6.94. The van der Waals surface area contributed by atoms with E-state index in [1.165, 1.54) is 12.8 Å². The molecular weight excluding hydrogens is 301 g/mol. The van der Waals surface area contributed by atoms with Crippen molar-refractivity contribution in [3.63, 3.8) is 0 Å². The molecule has 2 aliphatic carbocycles. The minimum Gasteiger partial charge on any atom is -0.381 e. The first kappa shape index (κ1) is 17.1. The number of nitrogens with zero attached hydrogens (tertiary/aromatic N) is 1. The highest BCUT2D eigenvalue weighted by atomic mass is 31.2. The molecule has 128 valence electrons. The molecule has 2 saturated carbocycles. The number of ether oxygens (including phenoxy) is 2. The number of hydrogen-bond donors (Lipinski definition) is 0. The van der Waals surface area contributed by atoms with Crippen LogP contribution >= 0.6 is 8.53 Å². The van der Waals surface area contributed by atoms with E-state index in [-0.39, 0.29) is 24.4 Å². The average molecular weight is 331 g/mol. The largest absolute Gasteiger partial charge is 0.381 e. The normalized spacial score (nSPS) is 46.0. The average Bonchev–Trinajstić information content (AvgIpc) is 2.71. The lowest BCUT2D eigenvalue weighted by atomic mass is 9.68. The van der Waals surface area contributed by atoms with Gasteiger partial charge in [0.25, 0.3) is 8.53 Å². The fraction of sp³-hybridized carbons (Fsp3) is 1.00. The summed E-state index contributed by atoms with van der Waals surface area (Å²) in [6.07, 6.45) is 7.82. The van der Waals surface area contributed by atoms with E-state index in [4.69, 9.17) is 18.5 Å². The van der Waals surface area contributed by atoms with Crippen LogP contribution in [0.25, 0.3) is 0 Å². The maximum Gasteiger partial charge on any atom is 0.258 e. The van der Waals surface area contributed by atoms with Crippen LogP contribution < -0.4 is 0 Å². The van der Waals surface area contributed by atoms with Gasteiger partial charge >= 0.3 is 0 Å². The zero-order valence-electron chi connectivity index (χ0n) is 14.2. The fourth-order valence-corrected chi connectivity index (χ4v) is 5.90.